The number of benzene rings is 1. The number of carbonyl (C=O) groups excluding carboxylic acids is 1. The van der Waals surface area contributed by atoms with Crippen LogP contribution in [0.15, 0.2) is 55.1 Å². The molecule has 0 radical (unpaired) electrons. The Morgan fingerprint density at radius 1 is 1.03 bits per heavy atom. The molecule has 6 rings (SSSR count). The molecule has 5 heterocycles. The fourth-order valence-electron chi connectivity index (χ4n) is 4.50. The Morgan fingerprint density at radius 3 is 2.69 bits per heavy atom. The summed E-state index contributed by atoms with van der Waals surface area (Å²) in [6.07, 6.45) is 7.48. The molecule has 1 aliphatic rings. The molecule has 178 valence electrons. The molecular weight excluding hydrogens is 462 g/mol. The van der Waals surface area contributed by atoms with Crippen LogP contribution in [0.2, 0.25) is 0 Å². The van der Waals surface area contributed by atoms with Gasteiger partial charge in [-0.25, -0.2) is 14.3 Å². The van der Waals surface area contributed by atoms with Crippen molar-refractivity contribution in [1.82, 2.24) is 29.3 Å². The maximum atomic E-state index is 12.7. The number of hydrogen-bond acceptors (Lipinski definition) is 7. The molecule has 9 nitrogen and oxygen atoms in total. The smallest absolute Gasteiger partial charge is 0.410 e. The van der Waals surface area contributed by atoms with Crippen molar-refractivity contribution in [3.8, 4) is 11.1 Å². The summed E-state index contributed by atoms with van der Waals surface area (Å²) >= 11 is 1.65. The minimum absolute atomic E-state index is 0.263. The predicted molar refractivity (Wildman–Crippen MR) is 136 cm³/mol. The summed E-state index contributed by atoms with van der Waals surface area (Å²) in [6, 6.07) is 10.2. The van der Waals surface area contributed by atoms with Crippen molar-refractivity contribution < 1.29 is 9.53 Å². The fourth-order valence-corrected chi connectivity index (χ4v) is 5.39. The van der Waals surface area contributed by atoms with E-state index < -0.39 is 0 Å². The first-order chi connectivity index (χ1) is 17.0. The number of piperazine rings is 1. The number of fused-ring (bicyclic) bond motifs is 2. The molecule has 0 atom stereocenters. The van der Waals surface area contributed by atoms with Crippen LogP contribution in [0.1, 0.15) is 10.6 Å². The van der Waals surface area contributed by atoms with E-state index in [0.29, 0.717) is 13.1 Å². The van der Waals surface area contributed by atoms with E-state index in [-0.39, 0.29) is 12.7 Å². The van der Waals surface area contributed by atoms with Gasteiger partial charge >= 0.3 is 6.09 Å². The van der Waals surface area contributed by atoms with Crippen molar-refractivity contribution >= 4 is 38.9 Å². The van der Waals surface area contributed by atoms with E-state index >= 15 is 0 Å². The Labute approximate surface area is 206 Å². The van der Waals surface area contributed by atoms with Crippen LogP contribution in [0.25, 0.3) is 26.9 Å². The summed E-state index contributed by atoms with van der Waals surface area (Å²) in [5.41, 5.74) is 6.20. The Bertz CT molecular complexity index is 1530. The third-order valence-corrected chi connectivity index (χ3v) is 7.27. The number of nitrogens with zero attached hydrogens (tertiary/aromatic N) is 7. The quantitative estimate of drug-likeness (QED) is 0.380. The van der Waals surface area contributed by atoms with Crippen LogP contribution >= 0.6 is 11.3 Å². The molecule has 0 saturated carbocycles. The van der Waals surface area contributed by atoms with E-state index in [0.717, 1.165) is 56.2 Å². The molecule has 0 N–H and O–H groups in total. The minimum atomic E-state index is -0.272. The van der Waals surface area contributed by atoms with Crippen LogP contribution in [0.5, 0.6) is 0 Å². The van der Waals surface area contributed by atoms with Crippen LogP contribution in [-0.2, 0) is 18.4 Å². The highest BCUT2D eigenvalue weighted by atomic mass is 32.1. The second-order valence-electron chi connectivity index (χ2n) is 8.74. The number of carbonyl (C=O) groups is 1. The number of pyridine rings is 1. The average Bonchev–Trinajstić information content (AvgIpc) is 3.59. The second kappa shape index (κ2) is 8.70. The molecule has 1 amide bonds. The van der Waals surface area contributed by atoms with Crippen molar-refractivity contribution in [1.29, 1.82) is 0 Å². The number of rotatable bonds is 4. The van der Waals surface area contributed by atoms with Crippen LogP contribution in [-0.4, -0.2) is 61.6 Å². The summed E-state index contributed by atoms with van der Waals surface area (Å²) < 4.78 is 10.4. The van der Waals surface area contributed by atoms with Crippen LogP contribution in [0.3, 0.4) is 0 Å². The zero-order chi connectivity index (χ0) is 23.9. The van der Waals surface area contributed by atoms with Gasteiger partial charge in [0.25, 0.3) is 0 Å². The van der Waals surface area contributed by atoms with Gasteiger partial charge in [-0.05, 0) is 30.7 Å². The van der Waals surface area contributed by atoms with Crippen molar-refractivity contribution in [3.63, 3.8) is 0 Å². The predicted octanol–water partition coefficient (Wildman–Crippen LogP) is 4.11. The highest BCUT2D eigenvalue weighted by Crippen LogP contribution is 2.27. The zero-order valence-electron chi connectivity index (χ0n) is 19.6. The average molecular weight is 488 g/mol. The van der Waals surface area contributed by atoms with Gasteiger partial charge in [0, 0.05) is 56.7 Å². The molecule has 1 fully saturated rings. The molecule has 4 aromatic heterocycles. The Kier molecular flexibility index (Phi) is 5.37. The molecular formula is C25H25N7O2S. The number of ether oxygens (including phenoxy) is 1. The maximum Gasteiger partial charge on any atom is 0.410 e. The van der Waals surface area contributed by atoms with Crippen molar-refractivity contribution in [2.75, 3.05) is 31.1 Å². The number of thiazole rings is 1. The second-order valence-corrected chi connectivity index (χ2v) is 9.98. The number of amides is 1. The first-order valence-electron chi connectivity index (χ1n) is 11.5. The van der Waals surface area contributed by atoms with Crippen molar-refractivity contribution in [3.05, 3.63) is 65.7 Å². The van der Waals surface area contributed by atoms with E-state index in [2.05, 4.69) is 38.3 Å². The van der Waals surface area contributed by atoms with E-state index in [4.69, 9.17) is 4.74 Å². The van der Waals surface area contributed by atoms with Crippen LogP contribution < -0.4 is 4.90 Å². The Balaban J connectivity index is 1.08. The minimum Gasteiger partial charge on any atom is -0.445 e. The molecule has 0 spiro atoms. The molecule has 1 saturated heterocycles. The lowest BCUT2D eigenvalue weighted by molar-refractivity contribution is 0.0942. The lowest BCUT2D eigenvalue weighted by Gasteiger charge is -2.34. The highest BCUT2D eigenvalue weighted by molar-refractivity contribution is 7.18. The van der Waals surface area contributed by atoms with E-state index in [1.54, 1.807) is 20.9 Å². The molecule has 5 aromatic rings. The topological polar surface area (TPSA) is 80.8 Å². The Hall–Kier alpha value is -3.92. The summed E-state index contributed by atoms with van der Waals surface area (Å²) in [5.74, 6) is 0. The molecule has 10 heteroatoms. The van der Waals surface area contributed by atoms with E-state index in [9.17, 15) is 4.79 Å². The molecule has 0 bridgehead atoms. The van der Waals surface area contributed by atoms with Gasteiger partial charge in [-0.15, -0.1) is 11.3 Å². The normalized spacial score (nSPS) is 14.2. The van der Waals surface area contributed by atoms with Gasteiger partial charge in [0.15, 0.2) is 0 Å². The largest absolute Gasteiger partial charge is 0.445 e. The van der Waals surface area contributed by atoms with Crippen molar-refractivity contribution in [2.45, 2.75) is 13.5 Å². The van der Waals surface area contributed by atoms with Crippen LogP contribution in [0.4, 0.5) is 10.5 Å². The molecule has 0 unspecified atom stereocenters. The van der Waals surface area contributed by atoms with Crippen LogP contribution in [0, 0.1) is 6.92 Å². The maximum absolute atomic E-state index is 12.7. The monoisotopic (exact) mass is 487 g/mol. The fraction of sp³-hybridized carbons (Fsp3) is 0.280. The molecule has 0 aliphatic carbocycles. The molecule has 1 aromatic carbocycles. The van der Waals surface area contributed by atoms with Gasteiger partial charge in [0.2, 0.25) is 0 Å². The Morgan fingerprint density at radius 2 is 1.89 bits per heavy atom. The highest BCUT2D eigenvalue weighted by Gasteiger charge is 2.24. The lowest BCUT2D eigenvalue weighted by Crippen LogP contribution is -2.48. The van der Waals surface area contributed by atoms with Gasteiger partial charge in [-0.1, -0.05) is 12.1 Å². The number of aryl methyl sites for hydroxylation is 2. The van der Waals surface area contributed by atoms with Gasteiger partial charge < -0.3 is 14.5 Å². The van der Waals surface area contributed by atoms with Gasteiger partial charge in [-0.2, -0.15) is 10.2 Å². The molecule has 1 aliphatic heterocycles. The summed E-state index contributed by atoms with van der Waals surface area (Å²) in [7, 11) is 1.91. The SMILES string of the molecule is Cc1nc2ccc(COC(=O)N3CCN(c4cnn5cc(-c6cnn(C)c6)ccc45)CC3)cc2s1. The first-order valence-corrected chi connectivity index (χ1v) is 12.3. The van der Waals surface area contributed by atoms with Gasteiger partial charge in [-0.3, -0.25) is 4.68 Å². The van der Waals surface area contributed by atoms with Gasteiger partial charge in [0.1, 0.15) is 6.61 Å². The summed E-state index contributed by atoms with van der Waals surface area (Å²) in [5, 5.41) is 9.85. The standard InChI is InChI=1S/C25H25N7O2S/c1-17-28-21-5-3-18(11-24(21)35-17)16-34-25(33)31-9-7-30(8-10-31)23-13-27-32-15-19(4-6-22(23)32)20-12-26-29(2)14-20/h3-6,11-15H,7-10,16H2,1-2H3. The first kappa shape index (κ1) is 21.6. The number of aromatic nitrogens is 5. The molecule has 35 heavy (non-hydrogen) atoms. The van der Waals surface area contributed by atoms with Crippen molar-refractivity contribution in [2.24, 2.45) is 7.05 Å². The third kappa shape index (κ3) is 4.21. The lowest BCUT2D eigenvalue weighted by atomic mass is 10.1. The number of hydrogen-bond donors (Lipinski definition) is 0. The zero-order valence-corrected chi connectivity index (χ0v) is 20.4. The van der Waals surface area contributed by atoms with E-state index in [1.165, 1.54) is 0 Å². The van der Waals surface area contributed by atoms with Gasteiger partial charge in [0.05, 0.1) is 38.8 Å². The van der Waals surface area contributed by atoms with E-state index in [1.807, 2.05) is 55.4 Å². The number of anilines is 1. The third-order valence-electron chi connectivity index (χ3n) is 6.33. The summed E-state index contributed by atoms with van der Waals surface area (Å²) in [4.78, 5) is 21.2. The summed E-state index contributed by atoms with van der Waals surface area (Å²) in [6.45, 7) is 4.93.